The normalized spacial score (nSPS) is 18.1. The number of rotatable bonds is 6. The van der Waals surface area contributed by atoms with Crippen LogP contribution in [0.3, 0.4) is 0 Å². The number of nitrogens with one attached hydrogen (secondary N) is 1. The monoisotopic (exact) mass is 386 g/mol. The molecule has 0 aromatic heterocycles. The van der Waals surface area contributed by atoms with Crippen LogP contribution in [0, 0.1) is 5.82 Å². The van der Waals surface area contributed by atoms with Crippen LogP contribution < -0.4 is 5.32 Å². The molecule has 1 amide bonds. The molecule has 0 radical (unpaired) electrons. The van der Waals surface area contributed by atoms with Crippen LogP contribution in [0.1, 0.15) is 28.8 Å². The van der Waals surface area contributed by atoms with Crippen molar-refractivity contribution in [3.05, 3.63) is 65.5 Å². The van der Waals surface area contributed by atoms with Crippen molar-refractivity contribution in [2.45, 2.75) is 18.4 Å². The van der Waals surface area contributed by atoms with Gasteiger partial charge >= 0.3 is 11.9 Å². The van der Waals surface area contributed by atoms with Crippen LogP contribution in [-0.2, 0) is 14.4 Å². The number of hydrogen-bond donors (Lipinski definition) is 3. The van der Waals surface area contributed by atoms with Crippen LogP contribution in [0.2, 0.25) is 0 Å². The molecule has 9 heteroatoms. The van der Waals surface area contributed by atoms with Gasteiger partial charge < -0.3 is 20.4 Å². The maximum Gasteiger partial charge on any atom is 0.351 e. The minimum Gasteiger partial charge on any atom is -0.478 e. The largest absolute Gasteiger partial charge is 0.478 e. The van der Waals surface area contributed by atoms with Crippen LogP contribution in [0.4, 0.5) is 10.1 Å². The summed E-state index contributed by atoms with van der Waals surface area (Å²) in [7, 11) is 0. The lowest BCUT2D eigenvalue weighted by Crippen LogP contribution is -2.42. The molecule has 0 spiro atoms. The number of benzene rings is 2. The maximum atomic E-state index is 13.1. The first-order valence-electron chi connectivity index (χ1n) is 8.17. The molecule has 1 aliphatic heterocycles. The number of oxime groups is 1. The Labute approximate surface area is 158 Å². The minimum atomic E-state index is -1.88. The molecule has 0 saturated carbocycles. The Morgan fingerprint density at radius 2 is 1.71 bits per heavy atom. The third-order valence-electron chi connectivity index (χ3n) is 4.21. The van der Waals surface area contributed by atoms with E-state index in [0.717, 1.165) is 0 Å². The van der Waals surface area contributed by atoms with Crippen LogP contribution >= 0.6 is 0 Å². The molecule has 3 N–H and O–H groups in total. The predicted octanol–water partition coefficient (Wildman–Crippen LogP) is 2.50. The van der Waals surface area contributed by atoms with E-state index in [4.69, 9.17) is 9.94 Å². The highest BCUT2D eigenvalue weighted by Crippen LogP contribution is 2.31. The third-order valence-corrected chi connectivity index (χ3v) is 4.21. The van der Waals surface area contributed by atoms with Crippen molar-refractivity contribution in [2.75, 3.05) is 5.32 Å². The summed E-state index contributed by atoms with van der Waals surface area (Å²) in [6.45, 7) is 0. The molecule has 1 atom stereocenters. The number of anilines is 1. The number of amides is 1. The van der Waals surface area contributed by atoms with Gasteiger partial charge in [0.05, 0.1) is 17.7 Å². The highest BCUT2D eigenvalue weighted by molar-refractivity contribution is 6.06. The molecule has 0 bridgehead atoms. The molecule has 2 aromatic rings. The number of aromatic carboxylic acids is 1. The van der Waals surface area contributed by atoms with Crippen molar-refractivity contribution >= 4 is 29.2 Å². The number of carboxylic acids is 2. The van der Waals surface area contributed by atoms with Crippen LogP contribution in [0.5, 0.6) is 0 Å². The molecule has 1 heterocycles. The predicted molar refractivity (Wildman–Crippen MR) is 95.7 cm³/mol. The van der Waals surface area contributed by atoms with Crippen molar-refractivity contribution in [3.63, 3.8) is 0 Å². The molecule has 3 rings (SSSR count). The Hall–Kier alpha value is -3.75. The van der Waals surface area contributed by atoms with Gasteiger partial charge in [0.1, 0.15) is 5.82 Å². The second kappa shape index (κ2) is 7.47. The van der Waals surface area contributed by atoms with E-state index in [1.54, 1.807) is 0 Å². The highest BCUT2D eigenvalue weighted by atomic mass is 19.1. The number of carboxylic acid groups (broad SMARTS) is 2. The average molecular weight is 386 g/mol. The molecule has 0 aliphatic carbocycles. The summed E-state index contributed by atoms with van der Waals surface area (Å²) < 4.78 is 13.1. The summed E-state index contributed by atoms with van der Waals surface area (Å²) >= 11 is 0. The molecular weight excluding hydrogens is 371 g/mol. The van der Waals surface area contributed by atoms with Crippen molar-refractivity contribution in [3.8, 4) is 0 Å². The number of nitrogens with zero attached hydrogens (tertiary/aromatic N) is 1. The maximum absolute atomic E-state index is 13.1. The zero-order valence-corrected chi connectivity index (χ0v) is 14.4. The second-order valence-electron chi connectivity index (χ2n) is 6.22. The van der Waals surface area contributed by atoms with Gasteiger partial charge in [0.2, 0.25) is 11.5 Å². The highest BCUT2D eigenvalue weighted by Gasteiger charge is 2.49. The van der Waals surface area contributed by atoms with E-state index < -0.39 is 35.7 Å². The zero-order chi connectivity index (χ0) is 20.3. The Morgan fingerprint density at radius 1 is 1.07 bits per heavy atom. The van der Waals surface area contributed by atoms with E-state index in [-0.39, 0.29) is 12.0 Å². The van der Waals surface area contributed by atoms with Gasteiger partial charge in [-0.2, -0.15) is 0 Å². The summed E-state index contributed by atoms with van der Waals surface area (Å²) in [5.74, 6) is -3.54. The molecule has 28 heavy (non-hydrogen) atoms. The van der Waals surface area contributed by atoms with Gasteiger partial charge in [-0.25, -0.2) is 14.0 Å². The molecule has 144 valence electrons. The second-order valence-corrected chi connectivity index (χ2v) is 6.22. The first kappa shape index (κ1) is 19.0. The van der Waals surface area contributed by atoms with Crippen molar-refractivity contribution in [1.29, 1.82) is 0 Å². The average Bonchev–Trinajstić information content (AvgIpc) is 3.08. The van der Waals surface area contributed by atoms with Crippen LogP contribution in [0.15, 0.2) is 53.7 Å². The van der Waals surface area contributed by atoms with Crippen molar-refractivity contribution in [1.82, 2.24) is 0 Å². The summed E-state index contributed by atoms with van der Waals surface area (Å²) in [5, 5.41) is 24.7. The lowest BCUT2D eigenvalue weighted by Gasteiger charge is -2.21. The first-order chi connectivity index (χ1) is 13.3. The van der Waals surface area contributed by atoms with Crippen LogP contribution in [0.25, 0.3) is 0 Å². The molecule has 2 aromatic carbocycles. The topological polar surface area (TPSA) is 125 Å². The number of carbonyl (C=O) groups excluding carboxylic acids is 1. The molecule has 0 saturated heterocycles. The Kier molecular flexibility index (Phi) is 5.08. The van der Waals surface area contributed by atoms with Crippen molar-refractivity contribution in [2.24, 2.45) is 5.16 Å². The van der Waals surface area contributed by atoms with E-state index in [2.05, 4.69) is 10.5 Å². The fourth-order valence-electron chi connectivity index (χ4n) is 2.72. The molecular formula is C19H15FN2O6. The Balaban J connectivity index is 1.69. The van der Waals surface area contributed by atoms with Gasteiger partial charge in [-0.3, -0.25) is 4.79 Å². The third kappa shape index (κ3) is 3.98. The van der Waals surface area contributed by atoms with E-state index in [9.17, 15) is 23.9 Å². The van der Waals surface area contributed by atoms with E-state index in [1.165, 1.54) is 48.5 Å². The molecule has 0 fully saturated rings. The SMILES string of the molecule is O=C(C[C@@]1(C(=O)O)CC(c2ccc(F)cc2)=NO1)Nc1ccc(C(=O)O)cc1. The number of hydrogen-bond acceptors (Lipinski definition) is 5. The summed E-state index contributed by atoms with van der Waals surface area (Å²) in [6, 6.07) is 10.7. The van der Waals surface area contributed by atoms with Gasteiger partial charge in [0.15, 0.2) is 0 Å². The summed E-state index contributed by atoms with van der Waals surface area (Å²) in [6.07, 6.45) is -0.684. The van der Waals surface area contributed by atoms with E-state index in [1.807, 2.05) is 0 Å². The van der Waals surface area contributed by atoms with E-state index in [0.29, 0.717) is 17.0 Å². The summed E-state index contributed by atoms with van der Waals surface area (Å²) in [5.41, 5.74) is -0.727. The molecule has 0 unspecified atom stereocenters. The fourth-order valence-corrected chi connectivity index (χ4v) is 2.72. The molecule has 8 nitrogen and oxygen atoms in total. The summed E-state index contributed by atoms with van der Waals surface area (Å²) in [4.78, 5) is 40.0. The minimum absolute atomic E-state index is 0.0523. The van der Waals surface area contributed by atoms with E-state index >= 15 is 0 Å². The lowest BCUT2D eigenvalue weighted by atomic mass is 9.90. The number of carbonyl (C=O) groups is 3. The first-order valence-corrected chi connectivity index (χ1v) is 8.17. The molecule has 1 aliphatic rings. The van der Waals surface area contributed by atoms with Crippen LogP contribution in [-0.4, -0.2) is 39.4 Å². The van der Waals surface area contributed by atoms with Crippen molar-refractivity contribution < 1.29 is 33.8 Å². The Morgan fingerprint density at radius 3 is 2.29 bits per heavy atom. The van der Waals surface area contributed by atoms with Gasteiger partial charge in [-0.05, 0) is 42.0 Å². The van der Waals surface area contributed by atoms with Gasteiger partial charge in [0, 0.05) is 12.1 Å². The van der Waals surface area contributed by atoms with Gasteiger partial charge in [-0.15, -0.1) is 0 Å². The van der Waals surface area contributed by atoms with Gasteiger partial charge in [-0.1, -0.05) is 17.3 Å². The standard InChI is InChI=1S/C19H15FN2O6/c20-13-5-1-11(2-6-13)15-9-19(18(26)27,28-22-15)10-16(23)21-14-7-3-12(4-8-14)17(24)25/h1-8H,9-10H2,(H,21,23)(H,24,25)(H,26,27)/t19-/m1/s1. The lowest BCUT2D eigenvalue weighted by molar-refractivity contribution is -0.165. The Bertz CT molecular complexity index is 955. The smallest absolute Gasteiger partial charge is 0.351 e. The fraction of sp³-hybridized carbons (Fsp3) is 0.158. The number of halogens is 1. The number of aliphatic carboxylic acids is 1. The van der Waals surface area contributed by atoms with Gasteiger partial charge in [0.25, 0.3) is 0 Å². The quantitative estimate of drug-likeness (QED) is 0.700. The zero-order valence-electron chi connectivity index (χ0n) is 14.4.